The number of nitrogens with one attached hydrogen (secondary N) is 1. The van der Waals surface area contributed by atoms with Gasteiger partial charge in [-0.1, -0.05) is 29.3 Å². The van der Waals surface area contributed by atoms with Crippen LogP contribution in [0.4, 0.5) is 11.5 Å². The minimum absolute atomic E-state index is 0.0681. The monoisotopic (exact) mass is 422 g/mol. The Hall–Kier alpha value is -2.91. The molecule has 11 heteroatoms. The van der Waals surface area contributed by atoms with E-state index in [0.717, 1.165) is 5.56 Å². The van der Waals surface area contributed by atoms with Crippen molar-refractivity contribution in [2.75, 3.05) is 5.32 Å². The third-order valence-electron chi connectivity index (χ3n) is 4.06. The van der Waals surface area contributed by atoms with Crippen LogP contribution in [0.3, 0.4) is 0 Å². The molecule has 0 atom stereocenters. The maximum atomic E-state index is 12.1. The average Bonchev–Trinajstić information content (AvgIpc) is 3.22. The molecule has 0 spiro atoms. The highest BCUT2D eigenvalue weighted by Crippen LogP contribution is 2.23. The standard InChI is InChI=1S/C17H16Cl2N6O3/c1-11-15(25(27)28)9-20-24(11)7-5-17(26)21-16-4-6-23(22-16)10-12-2-3-13(18)14(19)8-12/h2-4,6,8-9H,5,7,10H2,1H3,(H,21,22,26). The van der Waals surface area contributed by atoms with Gasteiger partial charge >= 0.3 is 5.69 Å². The number of hydrogen-bond acceptors (Lipinski definition) is 5. The summed E-state index contributed by atoms with van der Waals surface area (Å²) in [6, 6.07) is 7.00. The van der Waals surface area contributed by atoms with Gasteiger partial charge in [0.15, 0.2) is 5.82 Å². The third-order valence-corrected chi connectivity index (χ3v) is 4.80. The fourth-order valence-corrected chi connectivity index (χ4v) is 2.92. The number of halogens is 2. The second-order valence-electron chi connectivity index (χ2n) is 6.04. The smallest absolute Gasteiger partial charge is 0.309 e. The lowest BCUT2D eigenvalue weighted by Gasteiger charge is -2.05. The molecule has 1 amide bonds. The molecule has 0 saturated heterocycles. The molecule has 3 rings (SSSR count). The second kappa shape index (κ2) is 8.41. The predicted octanol–water partition coefficient (Wildman–Crippen LogP) is 3.68. The maximum Gasteiger partial charge on any atom is 0.309 e. The third kappa shape index (κ3) is 4.68. The Balaban J connectivity index is 1.55. The first kappa shape index (κ1) is 19.8. The molecule has 0 fully saturated rings. The van der Waals surface area contributed by atoms with Gasteiger partial charge in [0, 0.05) is 18.7 Å². The Morgan fingerprint density at radius 2 is 2.07 bits per heavy atom. The van der Waals surface area contributed by atoms with Gasteiger partial charge in [0.2, 0.25) is 5.91 Å². The number of amides is 1. The molecule has 0 bridgehead atoms. The first-order valence-corrected chi connectivity index (χ1v) is 9.03. The molecule has 28 heavy (non-hydrogen) atoms. The summed E-state index contributed by atoms with van der Waals surface area (Å²) < 4.78 is 3.09. The van der Waals surface area contributed by atoms with Crippen LogP contribution in [0.1, 0.15) is 17.7 Å². The van der Waals surface area contributed by atoms with Crippen molar-refractivity contribution in [2.45, 2.75) is 26.4 Å². The van der Waals surface area contributed by atoms with E-state index < -0.39 is 4.92 Å². The summed E-state index contributed by atoms with van der Waals surface area (Å²) in [4.78, 5) is 22.5. The molecule has 2 heterocycles. The van der Waals surface area contributed by atoms with E-state index in [2.05, 4.69) is 15.5 Å². The number of anilines is 1. The van der Waals surface area contributed by atoms with Gasteiger partial charge in [0.1, 0.15) is 11.9 Å². The largest absolute Gasteiger partial charge is 0.309 e. The molecule has 0 aliphatic rings. The molecular formula is C17H16Cl2N6O3. The molecular weight excluding hydrogens is 407 g/mol. The van der Waals surface area contributed by atoms with Crippen LogP contribution >= 0.6 is 23.2 Å². The van der Waals surface area contributed by atoms with E-state index >= 15 is 0 Å². The number of benzene rings is 1. The average molecular weight is 423 g/mol. The maximum absolute atomic E-state index is 12.1. The predicted molar refractivity (Wildman–Crippen MR) is 105 cm³/mol. The molecule has 0 aliphatic heterocycles. The molecule has 0 unspecified atom stereocenters. The summed E-state index contributed by atoms with van der Waals surface area (Å²) in [6.07, 6.45) is 3.02. The number of carbonyl (C=O) groups excluding carboxylic acids is 1. The zero-order valence-corrected chi connectivity index (χ0v) is 16.3. The number of hydrogen-bond donors (Lipinski definition) is 1. The van der Waals surface area contributed by atoms with Crippen molar-refractivity contribution in [1.29, 1.82) is 0 Å². The van der Waals surface area contributed by atoms with Gasteiger partial charge in [0.05, 0.1) is 28.1 Å². The van der Waals surface area contributed by atoms with Crippen molar-refractivity contribution >= 4 is 40.6 Å². The summed E-state index contributed by atoms with van der Waals surface area (Å²) in [5, 5.41) is 22.7. The second-order valence-corrected chi connectivity index (χ2v) is 6.86. The molecule has 146 valence electrons. The first-order chi connectivity index (χ1) is 13.3. The van der Waals surface area contributed by atoms with E-state index in [4.69, 9.17) is 23.2 Å². The molecule has 0 saturated carbocycles. The molecule has 9 nitrogen and oxygen atoms in total. The van der Waals surface area contributed by atoms with Crippen LogP contribution in [-0.4, -0.2) is 30.4 Å². The van der Waals surface area contributed by atoms with Crippen molar-refractivity contribution < 1.29 is 9.72 Å². The van der Waals surface area contributed by atoms with Crippen LogP contribution in [0.25, 0.3) is 0 Å². The van der Waals surface area contributed by atoms with Crippen molar-refractivity contribution in [3.8, 4) is 0 Å². The van der Waals surface area contributed by atoms with E-state index in [1.165, 1.54) is 10.9 Å². The van der Waals surface area contributed by atoms with Crippen LogP contribution in [-0.2, 0) is 17.9 Å². The van der Waals surface area contributed by atoms with Crippen LogP contribution in [0, 0.1) is 17.0 Å². The van der Waals surface area contributed by atoms with Crippen molar-refractivity contribution in [3.63, 3.8) is 0 Å². The molecule has 1 aromatic carbocycles. The zero-order chi connectivity index (χ0) is 20.3. The van der Waals surface area contributed by atoms with Gasteiger partial charge in [-0.15, -0.1) is 0 Å². The van der Waals surface area contributed by atoms with Gasteiger partial charge in [-0.05, 0) is 24.6 Å². The number of carbonyl (C=O) groups is 1. The molecule has 2 aromatic heterocycles. The lowest BCUT2D eigenvalue weighted by atomic mass is 10.2. The Bertz CT molecular complexity index is 1030. The highest BCUT2D eigenvalue weighted by molar-refractivity contribution is 6.42. The summed E-state index contributed by atoms with van der Waals surface area (Å²) >= 11 is 11.9. The molecule has 0 aliphatic carbocycles. The number of nitro groups is 1. The van der Waals surface area contributed by atoms with Crippen LogP contribution < -0.4 is 5.32 Å². The summed E-state index contributed by atoms with van der Waals surface area (Å²) in [5.74, 6) is 0.144. The molecule has 1 N–H and O–H groups in total. The SMILES string of the molecule is Cc1c([N+](=O)[O-])cnn1CCC(=O)Nc1ccn(Cc2ccc(Cl)c(Cl)c2)n1. The van der Waals surface area contributed by atoms with Gasteiger partial charge < -0.3 is 5.32 Å². The Labute approximate surface area is 170 Å². The van der Waals surface area contributed by atoms with Crippen LogP contribution in [0.5, 0.6) is 0 Å². The quantitative estimate of drug-likeness (QED) is 0.461. The van der Waals surface area contributed by atoms with Gasteiger partial charge in [0.25, 0.3) is 0 Å². The Morgan fingerprint density at radius 1 is 1.29 bits per heavy atom. The van der Waals surface area contributed by atoms with E-state index in [1.54, 1.807) is 36.0 Å². The van der Waals surface area contributed by atoms with E-state index in [-0.39, 0.29) is 24.6 Å². The molecule has 0 radical (unpaired) electrons. The Morgan fingerprint density at radius 3 is 2.75 bits per heavy atom. The zero-order valence-electron chi connectivity index (χ0n) is 14.8. The van der Waals surface area contributed by atoms with Crippen LogP contribution in [0.15, 0.2) is 36.7 Å². The minimum atomic E-state index is -0.501. The summed E-state index contributed by atoms with van der Waals surface area (Å²) in [5.41, 5.74) is 1.26. The normalized spacial score (nSPS) is 10.8. The van der Waals surface area contributed by atoms with Gasteiger partial charge in [-0.3, -0.25) is 24.3 Å². The van der Waals surface area contributed by atoms with E-state index in [9.17, 15) is 14.9 Å². The highest BCUT2D eigenvalue weighted by Gasteiger charge is 2.16. The highest BCUT2D eigenvalue weighted by atomic mass is 35.5. The van der Waals surface area contributed by atoms with E-state index in [0.29, 0.717) is 28.1 Å². The molecule has 3 aromatic rings. The Kier molecular flexibility index (Phi) is 5.96. The number of aromatic nitrogens is 4. The van der Waals surface area contributed by atoms with Gasteiger partial charge in [-0.25, -0.2) is 0 Å². The fraction of sp³-hybridized carbons (Fsp3) is 0.235. The number of nitrogens with zero attached hydrogens (tertiary/aromatic N) is 5. The van der Waals surface area contributed by atoms with Crippen LogP contribution in [0.2, 0.25) is 10.0 Å². The van der Waals surface area contributed by atoms with Crippen molar-refractivity contribution in [1.82, 2.24) is 19.6 Å². The number of aryl methyl sites for hydroxylation is 1. The summed E-state index contributed by atoms with van der Waals surface area (Å²) in [6.45, 7) is 2.30. The minimum Gasteiger partial charge on any atom is -0.309 e. The fourth-order valence-electron chi connectivity index (χ4n) is 2.60. The topological polar surface area (TPSA) is 108 Å². The van der Waals surface area contributed by atoms with E-state index in [1.807, 2.05) is 6.07 Å². The van der Waals surface area contributed by atoms with Gasteiger partial charge in [-0.2, -0.15) is 10.2 Å². The number of rotatable bonds is 7. The van der Waals surface area contributed by atoms with Crippen molar-refractivity contribution in [3.05, 3.63) is 68.1 Å². The van der Waals surface area contributed by atoms with Crippen molar-refractivity contribution in [2.24, 2.45) is 0 Å². The summed E-state index contributed by atoms with van der Waals surface area (Å²) in [7, 11) is 0. The lowest BCUT2D eigenvalue weighted by molar-refractivity contribution is -0.385. The first-order valence-electron chi connectivity index (χ1n) is 8.27. The lowest BCUT2D eigenvalue weighted by Crippen LogP contribution is -2.16.